The lowest BCUT2D eigenvalue weighted by Gasteiger charge is -2.24. The van der Waals surface area contributed by atoms with Crippen molar-refractivity contribution in [3.05, 3.63) is 88.4 Å². The maximum Gasteiger partial charge on any atom is 0.254 e. The smallest absolute Gasteiger partial charge is 0.254 e. The molecule has 174 valence electrons. The third-order valence-electron chi connectivity index (χ3n) is 5.86. The second-order valence-electron chi connectivity index (χ2n) is 8.07. The topological polar surface area (TPSA) is 65.8 Å². The Labute approximate surface area is 204 Å². The lowest BCUT2D eigenvalue weighted by molar-refractivity contribution is 0.0766. The molecule has 3 aromatic carbocycles. The molecule has 0 saturated carbocycles. The average Bonchev–Trinajstić information content (AvgIpc) is 3.14. The second kappa shape index (κ2) is 11.0. The molecular weight excluding hydrogens is 450 g/mol. The standard InChI is InChI=1S/C27H26ClN3O3/c1-33-26-17-22(7-12-25(26)34-19-21-3-8-23(28)9-4-21)27(32)31-14-2-13-30(15-16-31)24-10-5-20(18-29)6-11-24/h3-12,17H,2,13-16,19H2,1H3. The van der Waals surface area contributed by atoms with Gasteiger partial charge < -0.3 is 19.3 Å². The maximum atomic E-state index is 13.2. The Morgan fingerprint density at radius 2 is 1.74 bits per heavy atom. The van der Waals surface area contributed by atoms with Crippen LogP contribution in [0.2, 0.25) is 5.02 Å². The summed E-state index contributed by atoms with van der Waals surface area (Å²) < 4.78 is 11.4. The predicted octanol–water partition coefficient (Wildman–Crippen LogP) is 5.15. The van der Waals surface area contributed by atoms with E-state index in [1.807, 2.05) is 53.4 Å². The van der Waals surface area contributed by atoms with E-state index in [0.717, 1.165) is 30.8 Å². The molecular formula is C27H26ClN3O3. The van der Waals surface area contributed by atoms with Gasteiger partial charge in [-0.2, -0.15) is 5.26 Å². The van der Waals surface area contributed by atoms with Crippen LogP contribution in [0.3, 0.4) is 0 Å². The van der Waals surface area contributed by atoms with Gasteiger partial charge in [-0.3, -0.25) is 4.79 Å². The zero-order valence-corrected chi connectivity index (χ0v) is 19.8. The summed E-state index contributed by atoms with van der Waals surface area (Å²) >= 11 is 5.94. The zero-order chi connectivity index (χ0) is 23.9. The highest BCUT2D eigenvalue weighted by Gasteiger charge is 2.22. The van der Waals surface area contributed by atoms with Crippen LogP contribution in [-0.4, -0.2) is 44.1 Å². The van der Waals surface area contributed by atoms with Crippen molar-refractivity contribution < 1.29 is 14.3 Å². The molecule has 7 heteroatoms. The molecule has 0 bridgehead atoms. The van der Waals surface area contributed by atoms with Crippen molar-refractivity contribution in [2.45, 2.75) is 13.0 Å². The van der Waals surface area contributed by atoms with Crippen LogP contribution in [0.1, 0.15) is 27.9 Å². The first-order valence-corrected chi connectivity index (χ1v) is 11.5. The molecule has 0 N–H and O–H groups in total. The number of nitriles is 1. The maximum absolute atomic E-state index is 13.2. The van der Waals surface area contributed by atoms with Crippen LogP contribution in [0.4, 0.5) is 5.69 Å². The molecule has 1 amide bonds. The second-order valence-corrected chi connectivity index (χ2v) is 8.51. The van der Waals surface area contributed by atoms with Crippen molar-refractivity contribution in [2.24, 2.45) is 0 Å². The number of amides is 1. The molecule has 34 heavy (non-hydrogen) atoms. The van der Waals surface area contributed by atoms with E-state index in [1.54, 1.807) is 25.3 Å². The highest BCUT2D eigenvalue weighted by atomic mass is 35.5. The molecule has 0 spiro atoms. The lowest BCUT2D eigenvalue weighted by atomic mass is 10.1. The Bertz CT molecular complexity index is 1170. The summed E-state index contributed by atoms with van der Waals surface area (Å²) in [6.45, 7) is 3.27. The van der Waals surface area contributed by atoms with E-state index in [4.69, 9.17) is 26.3 Å². The molecule has 0 atom stereocenters. The molecule has 3 aromatic rings. The van der Waals surface area contributed by atoms with E-state index in [9.17, 15) is 4.79 Å². The monoisotopic (exact) mass is 475 g/mol. The van der Waals surface area contributed by atoms with Gasteiger partial charge >= 0.3 is 0 Å². The van der Waals surface area contributed by atoms with E-state index in [0.29, 0.717) is 47.3 Å². The number of rotatable bonds is 6. The van der Waals surface area contributed by atoms with Gasteiger partial charge in [0.25, 0.3) is 5.91 Å². The van der Waals surface area contributed by atoms with Crippen LogP contribution in [0, 0.1) is 11.3 Å². The Morgan fingerprint density at radius 1 is 0.971 bits per heavy atom. The molecule has 1 aliphatic rings. The summed E-state index contributed by atoms with van der Waals surface area (Å²) in [5, 5.41) is 9.68. The molecule has 6 nitrogen and oxygen atoms in total. The van der Waals surface area contributed by atoms with E-state index in [1.165, 1.54) is 0 Å². The number of carbonyl (C=O) groups is 1. The zero-order valence-electron chi connectivity index (χ0n) is 19.0. The number of halogens is 1. The van der Waals surface area contributed by atoms with Crippen molar-refractivity contribution >= 4 is 23.2 Å². The van der Waals surface area contributed by atoms with Gasteiger partial charge in [-0.15, -0.1) is 0 Å². The van der Waals surface area contributed by atoms with Crippen molar-refractivity contribution in [3.63, 3.8) is 0 Å². The van der Waals surface area contributed by atoms with Crippen LogP contribution in [-0.2, 0) is 6.61 Å². The quantitative estimate of drug-likeness (QED) is 0.493. The molecule has 0 unspecified atom stereocenters. The molecule has 0 aliphatic carbocycles. The molecule has 4 rings (SSSR count). The first-order chi connectivity index (χ1) is 16.6. The minimum absolute atomic E-state index is 0.0239. The van der Waals surface area contributed by atoms with E-state index < -0.39 is 0 Å². The number of carbonyl (C=O) groups excluding carboxylic acids is 1. The van der Waals surface area contributed by atoms with E-state index in [2.05, 4.69) is 11.0 Å². The summed E-state index contributed by atoms with van der Waals surface area (Å²) in [6, 6.07) is 22.5. The molecule has 0 radical (unpaired) electrons. The number of hydrogen-bond acceptors (Lipinski definition) is 5. The van der Waals surface area contributed by atoms with Crippen molar-refractivity contribution in [1.82, 2.24) is 4.90 Å². The first kappa shape index (κ1) is 23.5. The van der Waals surface area contributed by atoms with Gasteiger partial charge in [-0.25, -0.2) is 0 Å². The van der Waals surface area contributed by atoms with Crippen LogP contribution < -0.4 is 14.4 Å². The van der Waals surface area contributed by atoms with Crippen molar-refractivity contribution in [3.8, 4) is 17.6 Å². The number of hydrogen-bond donors (Lipinski definition) is 0. The number of anilines is 1. The SMILES string of the molecule is COc1cc(C(=O)N2CCCN(c3ccc(C#N)cc3)CC2)ccc1OCc1ccc(Cl)cc1. The van der Waals surface area contributed by atoms with Crippen molar-refractivity contribution in [1.29, 1.82) is 5.26 Å². The summed E-state index contributed by atoms with van der Waals surface area (Å²) in [5.41, 5.74) is 3.27. The molecule has 1 aliphatic heterocycles. The minimum atomic E-state index is -0.0239. The van der Waals surface area contributed by atoms with Gasteiger partial charge in [-0.05, 0) is 66.6 Å². The Balaban J connectivity index is 1.40. The van der Waals surface area contributed by atoms with Gasteiger partial charge in [0.1, 0.15) is 6.61 Å². The molecule has 1 heterocycles. The molecule has 0 aromatic heterocycles. The number of ether oxygens (including phenoxy) is 2. The minimum Gasteiger partial charge on any atom is -0.493 e. The molecule has 1 saturated heterocycles. The van der Waals surface area contributed by atoms with E-state index in [-0.39, 0.29) is 5.91 Å². The van der Waals surface area contributed by atoms with Gasteiger partial charge in [0, 0.05) is 42.5 Å². The van der Waals surface area contributed by atoms with Gasteiger partial charge in [0.15, 0.2) is 11.5 Å². The summed E-state index contributed by atoms with van der Waals surface area (Å²) in [4.78, 5) is 17.4. The van der Waals surface area contributed by atoms with Crippen LogP contribution in [0.15, 0.2) is 66.7 Å². The summed E-state index contributed by atoms with van der Waals surface area (Å²) in [6.07, 6.45) is 0.866. The van der Waals surface area contributed by atoms with Crippen LogP contribution in [0.5, 0.6) is 11.5 Å². The Morgan fingerprint density at radius 3 is 2.44 bits per heavy atom. The van der Waals surface area contributed by atoms with Gasteiger partial charge in [0.05, 0.1) is 18.7 Å². The Kier molecular flexibility index (Phi) is 7.56. The van der Waals surface area contributed by atoms with Crippen molar-refractivity contribution in [2.75, 3.05) is 38.2 Å². The molecule has 1 fully saturated rings. The number of nitrogens with zero attached hydrogens (tertiary/aromatic N) is 3. The highest BCUT2D eigenvalue weighted by Crippen LogP contribution is 2.30. The fourth-order valence-electron chi connectivity index (χ4n) is 3.97. The fourth-order valence-corrected chi connectivity index (χ4v) is 4.10. The Hall–Kier alpha value is -3.69. The van der Waals surface area contributed by atoms with Crippen LogP contribution >= 0.6 is 11.6 Å². The third-order valence-corrected chi connectivity index (χ3v) is 6.11. The first-order valence-electron chi connectivity index (χ1n) is 11.2. The summed E-state index contributed by atoms with van der Waals surface area (Å²) in [7, 11) is 1.57. The average molecular weight is 476 g/mol. The largest absolute Gasteiger partial charge is 0.493 e. The van der Waals surface area contributed by atoms with Gasteiger partial charge in [-0.1, -0.05) is 23.7 Å². The fraction of sp³-hybridized carbons (Fsp3) is 0.259. The summed E-state index contributed by atoms with van der Waals surface area (Å²) in [5.74, 6) is 1.08. The predicted molar refractivity (Wildman–Crippen MR) is 133 cm³/mol. The van der Waals surface area contributed by atoms with Gasteiger partial charge in [0.2, 0.25) is 0 Å². The van der Waals surface area contributed by atoms with E-state index >= 15 is 0 Å². The number of benzene rings is 3. The highest BCUT2D eigenvalue weighted by molar-refractivity contribution is 6.30. The number of methoxy groups -OCH3 is 1. The third kappa shape index (κ3) is 5.62. The normalized spacial score (nSPS) is 13.7. The van der Waals surface area contributed by atoms with Crippen LogP contribution in [0.25, 0.3) is 0 Å². The lowest BCUT2D eigenvalue weighted by Crippen LogP contribution is -2.35.